The molecule has 0 fully saturated rings. The highest BCUT2D eigenvalue weighted by molar-refractivity contribution is 7.15. The van der Waals surface area contributed by atoms with E-state index in [1.54, 1.807) is 5.38 Å². The van der Waals surface area contributed by atoms with Crippen LogP contribution in [0.1, 0.15) is 5.56 Å². The van der Waals surface area contributed by atoms with Crippen molar-refractivity contribution < 1.29 is 15.0 Å². The standard InChI is InChI=1S/C6H6ClNO3S/c7-5-4(8-6(10)11)3(1-9)2-12-5/h2,8-9H,1H2,(H,10,11). The maximum Gasteiger partial charge on any atom is 0.409 e. The van der Waals surface area contributed by atoms with Gasteiger partial charge >= 0.3 is 6.09 Å². The highest BCUT2D eigenvalue weighted by atomic mass is 35.5. The van der Waals surface area contributed by atoms with Gasteiger partial charge in [-0.05, 0) is 5.38 Å². The van der Waals surface area contributed by atoms with Gasteiger partial charge in [0.2, 0.25) is 0 Å². The first-order chi connectivity index (χ1) is 5.65. The molecule has 1 heterocycles. The first-order valence-corrected chi connectivity index (χ1v) is 4.27. The van der Waals surface area contributed by atoms with E-state index in [9.17, 15) is 4.79 Å². The van der Waals surface area contributed by atoms with Crippen molar-refractivity contribution in [2.75, 3.05) is 5.32 Å². The van der Waals surface area contributed by atoms with E-state index in [0.717, 1.165) is 0 Å². The van der Waals surface area contributed by atoms with Gasteiger partial charge in [-0.15, -0.1) is 11.3 Å². The predicted molar refractivity (Wildman–Crippen MR) is 46.9 cm³/mol. The van der Waals surface area contributed by atoms with Gasteiger partial charge in [-0.1, -0.05) is 11.6 Å². The van der Waals surface area contributed by atoms with Crippen LogP contribution in [-0.4, -0.2) is 16.3 Å². The average Bonchev–Trinajstić information content (AvgIpc) is 2.32. The van der Waals surface area contributed by atoms with Gasteiger partial charge in [-0.25, -0.2) is 4.79 Å². The van der Waals surface area contributed by atoms with Crippen LogP contribution in [0, 0.1) is 0 Å². The third-order valence-corrected chi connectivity index (χ3v) is 2.49. The van der Waals surface area contributed by atoms with Crippen molar-refractivity contribution >= 4 is 34.7 Å². The maximum atomic E-state index is 10.2. The van der Waals surface area contributed by atoms with Gasteiger partial charge in [-0.2, -0.15) is 0 Å². The van der Waals surface area contributed by atoms with Crippen LogP contribution >= 0.6 is 22.9 Å². The van der Waals surface area contributed by atoms with Gasteiger partial charge in [0, 0.05) is 5.56 Å². The lowest BCUT2D eigenvalue weighted by atomic mass is 10.3. The van der Waals surface area contributed by atoms with Crippen molar-refractivity contribution in [2.45, 2.75) is 6.61 Å². The van der Waals surface area contributed by atoms with E-state index in [-0.39, 0.29) is 12.3 Å². The Labute approximate surface area is 77.4 Å². The molecule has 1 amide bonds. The lowest BCUT2D eigenvalue weighted by molar-refractivity contribution is 0.209. The second-order valence-electron chi connectivity index (χ2n) is 2.00. The summed E-state index contributed by atoms with van der Waals surface area (Å²) < 4.78 is 0.335. The molecule has 66 valence electrons. The number of carboxylic acid groups (broad SMARTS) is 1. The number of halogens is 1. The summed E-state index contributed by atoms with van der Waals surface area (Å²) in [5, 5.41) is 20.9. The number of amides is 1. The number of hydrogen-bond acceptors (Lipinski definition) is 3. The second kappa shape index (κ2) is 3.75. The van der Waals surface area contributed by atoms with Gasteiger partial charge in [0.15, 0.2) is 0 Å². The largest absolute Gasteiger partial charge is 0.465 e. The number of hydrogen-bond donors (Lipinski definition) is 3. The molecule has 1 aromatic heterocycles. The molecule has 12 heavy (non-hydrogen) atoms. The Morgan fingerprint density at radius 3 is 2.92 bits per heavy atom. The summed E-state index contributed by atoms with van der Waals surface area (Å²) in [6.45, 7) is -0.223. The Kier molecular flexibility index (Phi) is 2.91. The van der Waals surface area contributed by atoms with Crippen LogP contribution in [0.4, 0.5) is 10.5 Å². The van der Waals surface area contributed by atoms with Crippen molar-refractivity contribution in [3.8, 4) is 0 Å². The molecule has 0 spiro atoms. The normalized spacial score (nSPS) is 9.83. The highest BCUT2D eigenvalue weighted by Gasteiger charge is 2.10. The molecule has 1 rings (SSSR count). The fraction of sp³-hybridized carbons (Fsp3) is 0.167. The van der Waals surface area contributed by atoms with E-state index in [4.69, 9.17) is 21.8 Å². The zero-order valence-corrected chi connectivity index (χ0v) is 7.45. The number of carbonyl (C=O) groups is 1. The molecule has 0 bridgehead atoms. The van der Waals surface area contributed by atoms with Crippen LogP contribution < -0.4 is 5.32 Å². The Hall–Kier alpha value is -0.780. The molecule has 6 heteroatoms. The van der Waals surface area contributed by atoms with Gasteiger partial charge in [0.05, 0.1) is 12.3 Å². The van der Waals surface area contributed by atoms with E-state index in [1.807, 2.05) is 0 Å². The molecule has 0 aromatic carbocycles. The summed E-state index contributed by atoms with van der Waals surface area (Å²) in [6, 6.07) is 0. The third-order valence-electron chi connectivity index (χ3n) is 1.22. The summed E-state index contributed by atoms with van der Waals surface area (Å²) in [5.74, 6) is 0. The van der Waals surface area contributed by atoms with E-state index in [2.05, 4.69) is 5.32 Å². The average molecular weight is 208 g/mol. The SMILES string of the molecule is O=C(O)Nc1c(CO)csc1Cl. The van der Waals surface area contributed by atoms with E-state index in [0.29, 0.717) is 9.90 Å². The third kappa shape index (κ3) is 1.88. The molecule has 0 saturated carbocycles. The van der Waals surface area contributed by atoms with Gasteiger partial charge in [0.1, 0.15) is 4.34 Å². The molecular weight excluding hydrogens is 202 g/mol. The molecule has 0 atom stereocenters. The zero-order valence-electron chi connectivity index (χ0n) is 5.87. The molecular formula is C6H6ClNO3S. The van der Waals surface area contributed by atoms with Crippen molar-refractivity contribution in [1.29, 1.82) is 0 Å². The van der Waals surface area contributed by atoms with Crippen molar-refractivity contribution in [2.24, 2.45) is 0 Å². The van der Waals surface area contributed by atoms with Crippen LogP contribution in [0.15, 0.2) is 5.38 Å². The lowest BCUT2D eigenvalue weighted by Crippen LogP contribution is -2.08. The number of anilines is 1. The summed E-state index contributed by atoms with van der Waals surface area (Å²) in [4.78, 5) is 10.2. The van der Waals surface area contributed by atoms with Gasteiger partial charge in [-0.3, -0.25) is 5.32 Å². The summed E-state index contributed by atoms with van der Waals surface area (Å²) in [7, 11) is 0. The zero-order chi connectivity index (χ0) is 9.14. The number of aliphatic hydroxyl groups excluding tert-OH is 1. The minimum absolute atomic E-state index is 0.223. The van der Waals surface area contributed by atoms with Gasteiger partial charge < -0.3 is 10.2 Å². The topological polar surface area (TPSA) is 69.6 Å². The highest BCUT2D eigenvalue weighted by Crippen LogP contribution is 2.32. The quantitative estimate of drug-likeness (QED) is 0.695. The number of nitrogens with one attached hydrogen (secondary N) is 1. The molecule has 0 saturated heterocycles. The van der Waals surface area contributed by atoms with E-state index >= 15 is 0 Å². The van der Waals surface area contributed by atoms with Crippen molar-refractivity contribution in [3.05, 3.63) is 15.3 Å². The molecule has 0 unspecified atom stereocenters. The Balaban J connectivity index is 2.94. The minimum atomic E-state index is -1.19. The monoisotopic (exact) mass is 207 g/mol. The van der Waals surface area contributed by atoms with Crippen LogP contribution in [0.3, 0.4) is 0 Å². The minimum Gasteiger partial charge on any atom is -0.465 e. The molecule has 3 N–H and O–H groups in total. The molecule has 0 radical (unpaired) electrons. The van der Waals surface area contributed by atoms with E-state index in [1.165, 1.54) is 11.3 Å². The molecule has 0 aliphatic heterocycles. The fourth-order valence-electron chi connectivity index (χ4n) is 0.720. The van der Waals surface area contributed by atoms with Gasteiger partial charge in [0.25, 0.3) is 0 Å². The first-order valence-electron chi connectivity index (χ1n) is 3.01. The van der Waals surface area contributed by atoms with Crippen molar-refractivity contribution in [3.63, 3.8) is 0 Å². The maximum absolute atomic E-state index is 10.2. The first kappa shape index (κ1) is 9.31. The van der Waals surface area contributed by atoms with E-state index < -0.39 is 6.09 Å². The number of thiophene rings is 1. The smallest absolute Gasteiger partial charge is 0.409 e. The lowest BCUT2D eigenvalue weighted by Gasteiger charge is -2.00. The summed E-state index contributed by atoms with van der Waals surface area (Å²) in [5.41, 5.74) is 0.768. The predicted octanol–water partition coefficient (Wildman–Crippen LogP) is 1.98. The Morgan fingerprint density at radius 1 is 1.75 bits per heavy atom. The fourth-order valence-corrected chi connectivity index (χ4v) is 1.76. The Bertz CT molecular complexity index is 299. The van der Waals surface area contributed by atoms with Crippen molar-refractivity contribution in [1.82, 2.24) is 0 Å². The Morgan fingerprint density at radius 2 is 2.42 bits per heavy atom. The summed E-state index contributed by atoms with van der Waals surface area (Å²) in [6.07, 6.45) is -1.19. The number of aliphatic hydroxyl groups is 1. The van der Waals surface area contributed by atoms with Crippen LogP contribution in [-0.2, 0) is 6.61 Å². The number of rotatable bonds is 2. The summed E-state index contributed by atoms with van der Waals surface area (Å²) >= 11 is 6.83. The van der Waals surface area contributed by atoms with Crippen LogP contribution in [0.2, 0.25) is 4.34 Å². The second-order valence-corrected chi connectivity index (χ2v) is 3.48. The molecule has 0 aliphatic rings. The molecule has 1 aromatic rings. The van der Waals surface area contributed by atoms with Crippen LogP contribution in [0.5, 0.6) is 0 Å². The van der Waals surface area contributed by atoms with Crippen LogP contribution in [0.25, 0.3) is 0 Å². The molecule has 0 aliphatic carbocycles. The molecule has 4 nitrogen and oxygen atoms in total.